The average molecular weight is 334 g/mol. The summed E-state index contributed by atoms with van der Waals surface area (Å²) in [6, 6.07) is 11.0. The summed E-state index contributed by atoms with van der Waals surface area (Å²) < 4.78 is 0.770. The van der Waals surface area contributed by atoms with Crippen LogP contribution in [0.3, 0.4) is 0 Å². The summed E-state index contributed by atoms with van der Waals surface area (Å²) in [5.41, 5.74) is 1.27. The number of nitrogens with one attached hydrogen (secondary N) is 2. The van der Waals surface area contributed by atoms with Gasteiger partial charge in [-0.25, -0.2) is 4.98 Å². The molecule has 1 aromatic carbocycles. The Morgan fingerprint density at radius 2 is 2.05 bits per heavy atom. The van der Waals surface area contributed by atoms with E-state index in [1.165, 1.54) is 0 Å². The second-order valence-corrected chi connectivity index (χ2v) is 5.15. The Morgan fingerprint density at radius 3 is 2.70 bits per heavy atom. The molecular formula is C15H16BrN3O. The lowest BCUT2D eigenvalue weighted by molar-refractivity contribution is 0.102. The Hall–Kier alpha value is -1.88. The predicted octanol–water partition coefficient (Wildman–Crippen LogP) is 3.92. The molecule has 2 aromatic rings. The van der Waals surface area contributed by atoms with Crippen LogP contribution in [0.5, 0.6) is 0 Å². The van der Waals surface area contributed by atoms with E-state index in [9.17, 15) is 4.79 Å². The van der Waals surface area contributed by atoms with Crippen molar-refractivity contribution in [3.63, 3.8) is 0 Å². The van der Waals surface area contributed by atoms with E-state index in [4.69, 9.17) is 0 Å². The molecule has 1 heterocycles. The molecule has 0 saturated heterocycles. The number of carbonyl (C=O) groups is 1. The number of aromatic nitrogens is 1. The van der Waals surface area contributed by atoms with E-state index in [0.29, 0.717) is 11.3 Å². The number of hydrogen-bond acceptors (Lipinski definition) is 3. The van der Waals surface area contributed by atoms with Crippen molar-refractivity contribution in [2.75, 3.05) is 17.2 Å². The molecule has 1 amide bonds. The number of halogens is 1. The van der Waals surface area contributed by atoms with E-state index in [2.05, 4.69) is 38.5 Å². The van der Waals surface area contributed by atoms with Gasteiger partial charge in [0.2, 0.25) is 0 Å². The molecule has 0 aliphatic carbocycles. The normalized spacial score (nSPS) is 10.1. The van der Waals surface area contributed by atoms with Crippen molar-refractivity contribution in [2.24, 2.45) is 0 Å². The first-order valence-corrected chi connectivity index (χ1v) is 7.26. The largest absolute Gasteiger partial charge is 0.370 e. The highest BCUT2D eigenvalue weighted by Gasteiger charge is 2.09. The average Bonchev–Trinajstić information content (AvgIpc) is 2.47. The summed E-state index contributed by atoms with van der Waals surface area (Å²) in [6.45, 7) is 2.98. The molecule has 5 heteroatoms. The van der Waals surface area contributed by atoms with Gasteiger partial charge in [-0.1, -0.05) is 19.1 Å². The van der Waals surface area contributed by atoms with E-state index in [-0.39, 0.29) is 5.91 Å². The molecule has 1 aromatic heterocycles. The Kier molecular flexibility index (Phi) is 5.12. The molecule has 0 radical (unpaired) electrons. The number of amides is 1. The van der Waals surface area contributed by atoms with Crippen LogP contribution in [-0.2, 0) is 0 Å². The van der Waals surface area contributed by atoms with Crippen molar-refractivity contribution in [3.05, 3.63) is 52.6 Å². The second-order valence-electron chi connectivity index (χ2n) is 4.29. The van der Waals surface area contributed by atoms with Gasteiger partial charge >= 0.3 is 0 Å². The molecule has 0 bridgehead atoms. The van der Waals surface area contributed by atoms with Crippen molar-refractivity contribution >= 4 is 33.3 Å². The van der Waals surface area contributed by atoms with Gasteiger partial charge in [-0.05, 0) is 46.6 Å². The highest BCUT2D eigenvalue weighted by molar-refractivity contribution is 9.10. The molecule has 0 saturated carbocycles. The lowest BCUT2D eigenvalue weighted by Gasteiger charge is -2.08. The van der Waals surface area contributed by atoms with Gasteiger partial charge in [0.15, 0.2) is 0 Å². The van der Waals surface area contributed by atoms with Gasteiger partial charge in [-0.2, -0.15) is 0 Å². The summed E-state index contributed by atoms with van der Waals surface area (Å²) in [4.78, 5) is 16.4. The minimum atomic E-state index is -0.159. The van der Waals surface area contributed by atoms with E-state index in [1.807, 2.05) is 30.3 Å². The Labute approximate surface area is 126 Å². The van der Waals surface area contributed by atoms with Crippen LogP contribution in [0.4, 0.5) is 11.5 Å². The van der Waals surface area contributed by atoms with Crippen molar-refractivity contribution in [3.8, 4) is 0 Å². The number of carbonyl (C=O) groups excluding carboxylic acids is 1. The third-order valence-corrected chi connectivity index (χ3v) is 3.39. The Morgan fingerprint density at radius 1 is 1.25 bits per heavy atom. The zero-order chi connectivity index (χ0) is 14.4. The maximum Gasteiger partial charge on any atom is 0.256 e. The highest BCUT2D eigenvalue weighted by atomic mass is 79.9. The molecule has 0 aliphatic heterocycles. The molecular weight excluding hydrogens is 318 g/mol. The summed E-state index contributed by atoms with van der Waals surface area (Å²) in [7, 11) is 0. The number of nitrogens with zero attached hydrogens (tertiary/aromatic N) is 1. The van der Waals surface area contributed by atoms with Gasteiger partial charge in [0.05, 0.1) is 17.4 Å². The van der Waals surface area contributed by atoms with Gasteiger partial charge in [-0.3, -0.25) is 4.79 Å². The number of benzene rings is 1. The zero-order valence-electron chi connectivity index (χ0n) is 11.2. The summed E-state index contributed by atoms with van der Waals surface area (Å²) in [6.07, 6.45) is 2.69. The molecule has 0 aliphatic rings. The Bertz CT molecular complexity index is 584. The maximum absolute atomic E-state index is 12.1. The third kappa shape index (κ3) is 3.81. The molecule has 104 valence electrons. The van der Waals surface area contributed by atoms with Gasteiger partial charge in [0.1, 0.15) is 5.82 Å². The van der Waals surface area contributed by atoms with Crippen molar-refractivity contribution in [2.45, 2.75) is 13.3 Å². The van der Waals surface area contributed by atoms with E-state index < -0.39 is 0 Å². The van der Waals surface area contributed by atoms with Crippen LogP contribution in [-0.4, -0.2) is 17.4 Å². The molecule has 0 atom stereocenters. The first-order valence-electron chi connectivity index (χ1n) is 6.46. The fraction of sp³-hybridized carbons (Fsp3) is 0.200. The Balaban J connectivity index is 2.03. The van der Waals surface area contributed by atoms with E-state index in [1.54, 1.807) is 12.3 Å². The summed E-state index contributed by atoms with van der Waals surface area (Å²) >= 11 is 3.36. The fourth-order valence-electron chi connectivity index (χ4n) is 1.67. The van der Waals surface area contributed by atoms with Crippen LogP contribution in [0.25, 0.3) is 0 Å². The van der Waals surface area contributed by atoms with E-state index in [0.717, 1.165) is 23.3 Å². The minimum absolute atomic E-state index is 0.159. The van der Waals surface area contributed by atoms with Crippen molar-refractivity contribution in [1.82, 2.24) is 4.98 Å². The standard InChI is InChI=1S/C15H16BrN3O/c1-2-9-17-14-8-7-11(10-18-14)19-15(20)12-5-3-4-6-13(12)16/h3-8,10H,2,9H2,1H3,(H,17,18)(H,19,20). The number of anilines is 2. The monoisotopic (exact) mass is 333 g/mol. The van der Waals surface area contributed by atoms with Crippen LogP contribution in [0, 0.1) is 0 Å². The number of hydrogen-bond donors (Lipinski definition) is 2. The minimum Gasteiger partial charge on any atom is -0.370 e. The molecule has 0 unspecified atom stereocenters. The number of rotatable bonds is 5. The van der Waals surface area contributed by atoms with Crippen LogP contribution in [0.1, 0.15) is 23.7 Å². The third-order valence-electron chi connectivity index (χ3n) is 2.70. The summed E-state index contributed by atoms with van der Waals surface area (Å²) in [5, 5.41) is 6.01. The van der Waals surface area contributed by atoms with Gasteiger partial charge in [0.25, 0.3) is 5.91 Å². The lowest BCUT2D eigenvalue weighted by Crippen LogP contribution is -2.12. The fourth-order valence-corrected chi connectivity index (χ4v) is 2.13. The van der Waals surface area contributed by atoms with Crippen LogP contribution in [0.2, 0.25) is 0 Å². The smallest absolute Gasteiger partial charge is 0.256 e. The van der Waals surface area contributed by atoms with Crippen LogP contribution in [0.15, 0.2) is 47.1 Å². The zero-order valence-corrected chi connectivity index (χ0v) is 12.8. The van der Waals surface area contributed by atoms with Crippen molar-refractivity contribution < 1.29 is 4.79 Å². The quantitative estimate of drug-likeness (QED) is 0.871. The maximum atomic E-state index is 12.1. The van der Waals surface area contributed by atoms with E-state index >= 15 is 0 Å². The topological polar surface area (TPSA) is 54.0 Å². The molecule has 0 fully saturated rings. The SMILES string of the molecule is CCCNc1ccc(NC(=O)c2ccccc2Br)cn1. The first-order chi connectivity index (χ1) is 9.70. The predicted molar refractivity (Wildman–Crippen MR) is 85.1 cm³/mol. The summed E-state index contributed by atoms with van der Waals surface area (Å²) in [5.74, 6) is 0.652. The molecule has 0 spiro atoms. The second kappa shape index (κ2) is 7.05. The van der Waals surface area contributed by atoms with Gasteiger partial charge in [0, 0.05) is 11.0 Å². The molecule has 20 heavy (non-hydrogen) atoms. The van der Waals surface area contributed by atoms with Gasteiger partial charge < -0.3 is 10.6 Å². The first kappa shape index (κ1) is 14.5. The molecule has 2 rings (SSSR count). The highest BCUT2D eigenvalue weighted by Crippen LogP contribution is 2.18. The van der Waals surface area contributed by atoms with Crippen LogP contribution >= 0.6 is 15.9 Å². The van der Waals surface area contributed by atoms with Gasteiger partial charge in [-0.15, -0.1) is 0 Å². The molecule has 4 nitrogen and oxygen atoms in total. The number of pyridine rings is 1. The lowest BCUT2D eigenvalue weighted by atomic mass is 10.2. The molecule has 2 N–H and O–H groups in total. The van der Waals surface area contributed by atoms with Crippen molar-refractivity contribution in [1.29, 1.82) is 0 Å². The van der Waals surface area contributed by atoms with Crippen LogP contribution < -0.4 is 10.6 Å².